The molecule has 0 saturated heterocycles. The minimum Gasteiger partial charge on any atom is -0.497 e. The van der Waals surface area contributed by atoms with Crippen LogP contribution in [-0.2, 0) is 0 Å². The van der Waals surface area contributed by atoms with E-state index in [4.69, 9.17) is 10.5 Å². The fourth-order valence-corrected chi connectivity index (χ4v) is 1.99. The Labute approximate surface area is 122 Å². The summed E-state index contributed by atoms with van der Waals surface area (Å²) in [6.07, 6.45) is 0. The van der Waals surface area contributed by atoms with Gasteiger partial charge in [0.15, 0.2) is 0 Å². The first-order chi connectivity index (χ1) is 10.0. The highest BCUT2D eigenvalue weighted by Crippen LogP contribution is 2.20. The summed E-state index contributed by atoms with van der Waals surface area (Å²) in [5.74, 6) is -0.262. The van der Waals surface area contributed by atoms with Crippen LogP contribution in [0.1, 0.15) is 28.9 Å². The molecule has 1 amide bonds. The Bertz CT molecular complexity index is 641. The molecule has 0 spiro atoms. The number of rotatable bonds is 4. The van der Waals surface area contributed by atoms with E-state index in [9.17, 15) is 9.18 Å². The number of halogens is 1. The van der Waals surface area contributed by atoms with E-state index in [1.807, 2.05) is 31.2 Å². The van der Waals surface area contributed by atoms with Crippen LogP contribution in [0.3, 0.4) is 0 Å². The van der Waals surface area contributed by atoms with Gasteiger partial charge in [-0.05, 0) is 36.8 Å². The van der Waals surface area contributed by atoms with Crippen LogP contribution < -0.4 is 15.8 Å². The minimum absolute atomic E-state index is 0.135. The van der Waals surface area contributed by atoms with Gasteiger partial charge in [0.05, 0.1) is 24.4 Å². The molecule has 0 heterocycles. The van der Waals surface area contributed by atoms with Gasteiger partial charge in [-0.2, -0.15) is 0 Å². The number of methoxy groups -OCH3 is 1. The summed E-state index contributed by atoms with van der Waals surface area (Å²) in [4.78, 5) is 12.1. The van der Waals surface area contributed by atoms with Crippen LogP contribution in [0.5, 0.6) is 5.75 Å². The molecule has 110 valence electrons. The van der Waals surface area contributed by atoms with Crippen molar-refractivity contribution in [2.24, 2.45) is 0 Å². The monoisotopic (exact) mass is 288 g/mol. The number of nitrogens with one attached hydrogen (secondary N) is 1. The summed E-state index contributed by atoms with van der Waals surface area (Å²) in [6.45, 7) is 1.84. The number of carbonyl (C=O) groups is 1. The molecule has 0 radical (unpaired) electrons. The molecule has 0 saturated carbocycles. The van der Waals surface area contributed by atoms with E-state index < -0.39 is 11.7 Å². The average Bonchev–Trinajstić information content (AvgIpc) is 2.50. The van der Waals surface area contributed by atoms with E-state index in [-0.39, 0.29) is 17.3 Å². The van der Waals surface area contributed by atoms with Gasteiger partial charge in [-0.25, -0.2) is 4.39 Å². The molecular formula is C16H17FN2O2. The summed E-state index contributed by atoms with van der Waals surface area (Å²) in [7, 11) is 1.59. The summed E-state index contributed by atoms with van der Waals surface area (Å²) in [5.41, 5.74) is 6.49. The highest BCUT2D eigenvalue weighted by atomic mass is 19.1. The van der Waals surface area contributed by atoms with Crippen molar-refractivity contribution in [3.05, 3.63) is 59.4 Å². The van der Waals surface area contributed by atoms with E-state index in [1.165, 1.54) is 18.2 Å². The summed E-state index contributed by atoms with van der Waals surface area (Å²) in [5, 5.41) is 2.79. The van der Waals surface area contributed by atoms with Gasteiger partial charge in [-0.1, -0.05) is 18.2 Å². The maximum absolute atomic E-state index is 13.4. The lowest BCUT2D eigenvalue weighted by atomic mass is 10.1. The molecule has 0 aromatic heterocycles. The second-order valence-corrected chi connectivity index (χ2v) is 4.67. The number of carbonyl (C=O) groups excluding carboxylic acids is 1. The standard InChI is InChI=1S/C16H17FN2O2/c1-10(11-6-8-12(21-2)9-7-11)19-16(20)13-4-3-5-14(17)15(13)18/h3-10H,18H2,1-2H3,(H,19,20)/t10-/m0/s1. The van der Waals surface area contributed by atoms with Gasteiger partial charge in [0.1, 0.15) is 11.6 Å². The largest absolute Gasteiger partial charge is 0.497 e. The van der Waals surface area contributed by atoms with Gasteiger partial charge >= 0.3 is 0 Å². The lowest BCUT2D eigenvalue weighted by molar-refractivity contribution is 0.0940. The molecule has 21 heavy (non-hydrogen) atoms. The van der Waals surface area contributed by atoms with Crippen molar-refractivity contribution in [1.29, 1.82) is 0 Å². The average molecular weight is 288 g/mol. The van der Waals surface area contributed by atoms with Crippen LogP contribution in [0.2, 0.25) is 0 Å². The van der Waals surface area contributed by atoms with Crippen molar-refractivity contribution in [3.63, 3.8) is 0 Å². The van der Waals surface area contributed by atoms with Gasteiger partial charge in [-0.15, -0.1) is 0 Å². The molecule has 1 atom stereocenters. The SMILES string of the molecule is COc1ccc([C@H](C)NC(=O)c2cccc(F)c2N)cc1. The molecule has 5 heteroatoms. The number of anilines is 1. The number of benzene rings is 2. The lowest BCUT2D eigenvalue weighted by Gasteiger charge is -2.15. The van der Waals surface area contributed by atoms with E-state index in [0.717, 1.165) is 11.3 Å². The number of hydrogen-bond donors (Lipinski definition) is 2. The second-order valence-electron chi connectivity index (χ2n) is 4.67. The molecule has 3 N–H and O–H groups in total. The minimum atomic E-state index is -0.597. The zero-order valence-electron chi connectivity index (χ0n) is 11.9. The van der Waals surface area contributed by atoms with Gasteiger partial charge in [0, 0.05) is 0 Å². The Morgan fingerprint density at radius 3 is 2.52 bits per heavy atom. The van der Waals surface area contributed by atoms with Crippen molar-refractivity contribution in [2.45, 2.75) is 13.0 Å². The summed E-state index contributed by atoms with van der Waals surface area (Å²) in [6, 6.07) is 11.3. The lowest BCUT2D eigenvalue weighted by Crippen LogP contribution is -2.27. The Balaban J connectivity index is 2.12. The van der Waals surface area contributed by atoms with E-state index in [0.29, 0.717) is 0 Å². The molecule has 0 aliphatic heterocycles. The zero-order valence-corrected chi connectivity index (χ0v) is 11.9. The predicted octanol–water partition coefficient (Wildman–Crippen LogP) is 2.91. The van der Waals surface area contributed by atoms with E-state index in [1.54, 1.807) is 7.11 Å². The zero-order chi connectivity index (χ0) is 15.4. The van der Waals surface area contributed by atoms with E-state index >= 15 is 0 Å². The summed E-state index contributed by atoms with van der Waals surface area (Å²) < 4.78 is 18.4. The normalized spacial score (nSPS) is 11.8. The molecule has 0 fully saturated rings. The Hall–Kier alpha value is -2.56. The smallest absolute Gasteiger partial charge is 0.253 e. The van der Waals surface area contributed by atoms with Gasteiger partial charge in [-0.3, -0.25) is 4.79 Å². The first-order valence-electron chi connectivity index (χ1n) is 6.51. The van der Waals surface area contributed by atoms with Crippen molar-refractivity contribution in [1.82, 2.24) is 5.32 Å². The summed E-state index contributed by atoms with van der Waals surface area (Å²) >= 11 is 0. The van der Waals surface area contributed by atoms with Crippen LogP contribution in [0.4, 0.5) is 10.1 Å². The molecule has 2 aromatic carbocycles. The van der Waals surface area contributed by atoms with Gasteiger partial charge < -0.3 is 15.8 Å². The fourth-order valence-electron chi connectivity index (χ4n) is 1.99. The Morgan fingerprint density at radius 1 is 1.24 bits per heavy atom. The molecule has 0 aliphatic carbocycles. The van der Waals surface area contributed by atoms with Crippen molar-refractivity contribution in [3.8, 4) is 5.75 Å². The fraction of sp³-hybridized carbons (Fsp3) is 0.188. The predicted molar refractivity (Wildman–Crippen MR) is 79.7 cm³/mol. The maximum atomic E-state index is 13.4. The molecule has 0 unspecified atom stereocenters. The molecule has 4 nitrogen and oxygen atoms in total. The van der Waals surface area contributed by atoms with Gasteiger partial charge in [0.25, 0.3) is 5.91 Å². The quantitative estimate of drug-likeness (QED) is 0.850. The number of hydrogen-bond acceptors (Lipinski definition) is 3. The van der Waals surface area contributed by atoms with Crippen LogP contribution >= 0.6 is 0 Å². The third-order valence-corrected chi connectivity index (χ3v) is 3.26. The Kier molecular flexibility index (Phi) is 4.42. The number of nitrogen functional groups attached to an aromatic ring is 1. The number of para-hydroxylation sites is 1. The topological polar surface area (TPSA) is 64.3 Å². The van der Waals surface area contributed by atoms with E-state index in [2.05, 4.69) is 5.32 Å². The second kappa shape index (κ2) is 6.26. The van der Waals surface area contributed by atoms with Gasteiger partial charge in [0.2, 0.25) is 0 Å². The molecule has 0 aliphatic rings. The molecule has 2 rings (SSSR count). The Morgan fingerprint density at radius 2 is 1.90 bits per heavy atom. The number of amides is 1. The first-order valence-corrected chi connectivity index (χ1v) is 6.51. The van der Waals surface area contributed by atoms with Crippen molar-refractivity contribution >= 4 is 11.6 Å². The van der Waals surface area contributed by atoms with Crippen LogP contribution in [0.15, 0.2) is 42.5 Å². The number of nitrogens with two attached hydrogens (primary N) is 1. The molecule has 0 bridgehead atoms. The highest BCUT2D eigenvalue weighted by molar-refractivity contribution is 5.99. The van der Waals surface area contributed by atoms with Crippen molar-refractivity contribution < 1.29 is 13.9 Å². The maximum Gasteiger partial charge on any atom is 0.253 e. The molecule has 2 aromatic rings. The first kappa shape index (κ1) is 14.8. The van der Waals surface area contributed by atoms with Crippen LogP contribution in [0, 0.1) is 5.82 Å². The van der Waals surface area contributed by atoms with Crippen molar-refractivity contribution in [2.75, 3.05) is 12.8 Å². The third kappa shape index (κ3) is 3.31. The van der Waals surface area contributed by atoms with Crippen LogP contribution in [0.25, 0.3) is 0 Å². The number of ether oxygens (including phenoxy) is 1. The molecular weight excluding hydrogens is 271 g/mol. The third-order valence-electron chi connectivity index (χ3n) is 3.26. The van der Waals surface area contributed by atoms with Crippen LogP contribution in [-0.4, -0.2) is 13.0 Å². The highest BCUT2D eigenvalue weighted by Gasteiger charge is 2.15.